The Balaban J connectivity index is 1.63. The quantitative estimate of drug-likeness (QED) is 0.680. The molecule has 0 aromatic heterocycles. The fourth-order valence-corrected chi connectivity index (χ4v) is 3.94. The lowest BCUT2D eigenvalue weighted by Crippen LogP contribution is -2.24. The van der Waals surface area contributed by atoms with Crippen LogP contribution in [0.15, 0.2) is 18.2 Å². The van der Waals surface area contributed by atoms with Gasteiger partial charge in [-0.25, -0.2) is 0 Å². The molecule has 116 valence electrons. The topological polar surface area (TPSA) is 49.4 Å². The number of hydrogen-bond donors (Lipinski definition) is 1. The number of likely N-dealkylation sites (tertiary alicyclic amines) is 1. The molecule has 1 aromatic rings. The number of nitrogens with one attached hydrogen (secondary N) is 1. The van der Waals surface area contributed by atoms with Crippen LogP contribution in [0.5, 0.6) is 0 Å². The summed E-state index contributed by atoms with van der Waals surface area (Å²) in [6, 6.07) is 5.42. The van der Waals surface area contributed by atoms with Crippen LogP contribution in [0.2, 0.25) is 0 Å². The van der Waals surface area contributed by atoms with Gasteiger partial charge in [0.1, 0.15) is 4.32 Å². The van der Waals surface area contributed by atoms with Gasteiger partial charge in [-0.15, -0.1) is 0 Å². The van der Waals surface area contributed by atoms with Crippen molar-refractivity contribution in [3.05, 3.63) is 29.3 Å². The fourth-order valence-electron chi connectivity index (χ4n) is 2.79. The van der Waals surface area contributed by atoms with Crippen molar-refractivity contribution in [1.82, 2.24) is 4.90 Å². The molecule has 1 amide bonds. The van der Waals surface area contributed by atoms with E-state index in [4.69, 9.17) is 12.2 Å². The molecule has 4 nitrogen and oxygen atoms in total. The Hall–Kier alpha value is -1.40. The van der Waals surface area contributed by atoms with Crippen LogP contribution in [0.3, 0.4) is 0 Å². The van der Waals surface area contributed by atoms with Crippen LogP contribution in [-0.2, 0) is 4.79 Å². The maximum absolute atomic E-state index is 12.3. The second kappa shape index (κ2) is 6.38. The summed E-state index contributed by atoms with van der Waals surface area (Å²) in [5.41, 5.74) is 2.37. The Bertz CT molecular complexity index is 639. The Morgan fingerprint density at radius 2 is 2.14 bits per heavy atom. The van der Waals surface area contributed by atoms with E-state index in [1.807, 2.05) is 19.1 Å². The number of Topliss-reactive ketones (excluding diaryl/α,β-unsaturated/α-hetero) is 1. The van der Waals surface area contributed by atoms with E-state index in [1.165, 1.54) is 24.6 Å². The Labute approximate surface area is 139 Å². The maximum Gasteiger partial charge on any atom is 0.231 e. The van der Waals surface area contributed by atoms with E-state index in [0.717, 1.165) is 28.7 Å². The zero-order valence-corrected chi connectivity index (χ0v) is 14.1. The van der Waals surface area contributed by atoms with Crippen molar-refractivity contribution in [2.24, 2.45) is 0 Å². The van der Waals surface area contributed by atoms with Crippen molar-refractivity contribution in [1.29, 1.82) is 0 Å². The molecular weight excluding hydrogens is 316 g/mol. The van der Waals surface area contributed by atoms with Gasteiger partial charge in [-0.2, -0.15) is 0 Å². The third-order valence-electron chi connectivity index (χ3n) is 4.18. The van der Waals surface area contributed by atoms with E-state index < -0.39 is 0 Å². The molecule has 22 heavy (non-hydrogen) atoms. The molecule has 1 saturated heterocycles. The summed E-state index contributed by atoms with van der Waals surface area (Å²) < 4.78 is 0.817. The van der Waals surface area contributed by atoms with Gasteiger partial charge in [0.05, 0.1) is 11.7 Å². The van der Waals surface area contributed by atoms with Gasteiger partial charge in [-0.1, -0.05) is 24.0 Å². The molecule has 6 heteroatoms. The van der Waals surface area contributed by atoms with E-state index in [2.05, 4.69) is 10.2 Å². The van der Waals surface area contributed by atoms with Crippen LogP contribution in [0, 0.1) is 0 Å². The van der Waals surface area contributed by atoms with Gasteiger partial charge in [-0.3, -0.25) is 9.59 Å². The number of thiocarbonyl (C=S) groups is 1. The van der Waals surface area contributed by atoms with Crippen LogP contribution in [-0.4, -0.2) is 39.8 Å². The van der Waals surface area contributed by atoms with E-state index in [0.29, 0.717) is 11.3 Å². The van der Waals surface area contributed by atoms with Gasteiger partial charge in [0.2, 0.25) is 5.91 Å². The third kappa shape index (κ3) is 3.03. The minimum Gasteiger partial charge on any atom is -0.358 e. The fraction of sp³-hybridized carbons (Fsp3) is 0.438. The lowest BCUT2D eigenvalue weighted by Gasteiger charge is -2.17. The number of hydrogen-bond acceptors (Lipinski definition) is 4. The summed E-state index contributed by atoms with van der Waals surface area (Å²) in [7, 11) is 0. The standard InChI is InChI=1S/C16H18N2O2S2/c1-10-12-8-11(4-5-13(12)17-15(10)20)14(19)9-22-16(21)18-6-2-3-7-18/h4-5,8,10H,2-3,6-7,9H2,1H3,(H,17,20)/t10-/m1/s1. The van der Waals surface area contributed by atoms with Gasteiger partial charge < -0.3 is 10.2 Å². The highest BCUT2D eigenvalue weighted by atomic mass is 32.2. The number of benzene rings is 1. The number of ketones is 1. The SMILES string of the molecule is C[C@H]1C(=O)Nc2ccc(C(=O)CSC(=S)N3CCCC3)cc21. The van der Waals surface area contributed by atoms with Gasteiger partial charge in [0, 0.05) is 24.3 Å². The van der Waals surface area contributed by atoms with Gasteiger partial charge in [0.25, 0.3) is 0 Å². The summed E-state index contributed by atoms with van der Waals surface area (Å²) in [5, 5.41) is 2.82. The monoisotopic (exact) mass is 334 g/mol. The summed E-state index contributed by atoms with van der Waals surface area (Å²) in [4.78, 5) is 26.2. The van der Waals surface area contributed by atoms with Crippen molar-refractivity contribution in [2.75, 3.05) is 24.2 Å². The summed E-state index contributed by atoms with van der Waals surface area (Å²) >= 11 is 6.81. The molecule has 1 aromatic carbocycles. The van der Waals surface area contributed by atoms with Crippen molar-refractivity contribution < 1.29 is 9.59 Å². The van der Waals surface area contributed by atoms with Gasteiger partial charge >= 0.3 is 0 Å². The molecule has 0 aliphatic carbocycles. The molecule has 0 saturated carbocycles. The second-order valence-electron chi connectivity index (χ2n) is 5.68. The van der Waals surface area contributed by atoms with Crippen LogP contribution >= 0.6 is 24.0 Å². The van der Waals surface area contributed by atoms with Crippen LogP contribution < -0.4 is 5.32 Å². The smallest absolute Gasteiger partial charge is 0.231 e. The summed E-state index contributed by atoms with van der Waals surface area (Å²) in [6.07, 6.45) is 2.36. The first-order chi connectivity index (χ1) is 10.6. The molecule has 1 N–H and O–H groups in total. The molecule has 1 atom stereocenters. The number of amides is 1. The maximum atomic E-state index is 12.3. The molecule has 3 rings (SSSR count). The number of thioether (sulfide) groups is 1. The molecule has 2 heterocycles. The van der Waals surface area contributed by atoms with Crippen LogP contribution in [0.25, 0.3) is 0 Å². The highest BCUT2D eigenvalue weighted by molar-refractivity contribution is 8.23. The molecule has 0 spiro atoms. The van der Waals surface area contributed by atoms with E-state index in [9.17, 15) is 9.59 Å². The van der Waals surface area contributed by atoms with Crippen molar-refractivity contribution in [3.8, 4) is 0 Å². The highest BCUT2D eigenvalue weighted by Crippen LogP contribution is 2.33. The molecule has 2 aliphatic rings. The van der Waals surface area contributed by atoms with Crippen molar-refractivity contribution in [3.63, 3.8) is 0 Å². The van der Waals surface area contributed by atoms with Gasteiger partial charge in [-0.05, 0) is 43.5 Å². The average molecular weight is 334 g/mol. The number of carbonyl (C=O) groups excluding carboxylic acids is 2. The van der Waals surface area contributed by atoms with Crippen LogP contribution in [0.1, 0.15) is 41.6 Å². The van der Waals surface area contributed by atoms with Crippen molar-refractivity contribution in [2.45, 2.75) is 25.7 Å². The van der Waals surface area contributed by atoms with Crippen LogP contribution in [0.4, 0.5) is 5.69 Å². The summed E-state index contributed by atoms with van der Waals surface area (Å²) in [5.74, 6) is 0.204. The number of nitrogens with zero attached hydrogens (tertiary/aromatic N) is 1. The minimum atomic E-state index is -0.193. The largest absolute Gasteiger partial charge is 0.358 e. The Morgan fingerprint density at radius 1 is 1.41 bits per heavy atom. The Kier molecular flexibility index (Phi) is 4.49. The van der Waals surface area contributed by atoms with E-state index >= 15 is 0 Å². The Morgan fingerprint density at radius 3 is 2.86 bits per heavy atom. The zero-order chi connectivity index (χ0) is 15.7. The molecule has 0 unspecified atom stereocenters. The van der Waals surface area contributed by atoms with E-state index in [-0.39, 0.29) is 17.6 Å². The average Bonchev–Trinajstić information content (AvgIpc) is 3.14. The molecular formula is C16H18N2O2S2. The lowest BCUT2D eigenvalue weighted by molar-refractivity contribution is -0.116. The molecule has 0 radical (unpaired) electrons. The zero-order valence-electron chi connectivity index (χ0n) is 12.4. The predicted molar refractivity (Wildman–Crippen MR) is 93.7 cm³/mol. The first kappa shape index (κ1) is 15.5. The number of fused-ring (bicyclic) bond motifs is 1. The lowest BCUT2D eigenvalue weighted by atomic mass is 9.99. The predicted octanol–water partition coefficient (Wildman–Crippen LogP) is 3.04. The van der Waals surface area contributed by atoms with Crippen molar-refractivity contribution >= 4 is 45.7 Å². The second-order valence-corrected chi connectivity index (χ2v) is 7.29. The normalized spacial score (nSPS) is 20.0. The first-order valence-electron chi connectivity index (χ1n) is 7.46. The molecule has 1 fully saturated rings. The number of anilines is 1. The first-order valence-corrected chi connectivity index (χ1v) is 8.85. The van der Waals surface area contributed by atoms with Gasteiger partial charge in [0.15, 0.2) is 5.78 Å². The third-order valence-corrected chi connectivity index (χ3v) is 5.71. The molecule has 0 bridgehead atoms. The summed E-state index contributed by atoms with van der Waals surface area (Å²) in [6.45, 7) is 3.86. The number of rotatable bonds is 3. The highest BCUT2D eigenvalue weighted by Gasteiger charge is 2.27. The van der Waals surface area contributed by atoms with E-state index in [1.54, 1.807) is 6.07 Å². The molecule has 2 aliphatic heterocycles. The number of carbonyl (C=O) groups is 2. The minimum absolute atomic E-state index is 0.0100.